The monoisotopic (exact) mass is 858 g/mol. The lowest BCUT2D eigenvalue weighted by atomic mass is 9.33. The second-order valence-corrected chi connectivity index (χ2v) is 24.9. The molecule has 0 bridgehead atoms. The van der Waals surface area contributed by atoms with Crippen LogP contribution in [-0.4, -0.2) is 6.71 Å². The molecule has 5 aliphatic rings. The van der Waals surface area contributed by atoms with Gasteiger partial charge < -0.3 is 9.80 Å². The molecule has 65 heavy (non-hydrogen) atoms. The average Bonchev–Trinajstić information content (AvgIpc) is 3.46. The lowest BCUT2D eigenvalue weighted by Gasteiger charge is -2.48. The minimum Gasteiger partial charge on any atom is -0.311 e. The Morgan fingerprint density at radius 2 is 0.969 bits per heavy atom. The van der Waals surface area contributed by atoms with Crippen molar-refractivity contribution in [3.63, 3.8) is 0 Å². The largest absolute Gasteiger partial charge is 0.311 e. The third-order valence-corrected chi connectivity index (χ3v) is 17.5. The van der Waals surface area contributed by atoms with Crippen LogP contribution in [0.3, 0.4) is 0 Å². The summed E-state index contributed by atoms with van der Waals surface area (Å²) in [6.45, 7) is 31.1. The first kappa shape index (κ1) is 39.2. The van der Waals surface area contributed by atoms with Crippen molar-refractivity contribution in [2.75, 3.05) is 9.80 Å². The molecule has 0 spiro atoms. The summed E-state index contributed by atoms with van der Waals surface area (Å²) >= 11 is 0. The number of hydrogen-bond acceptors (Lipinski definition) is 2. The smallest absolute Gasteiger partial charge is 0.252 e. The van der Waals surface area contributed by atoms with Gasteiger partial charge in [0.05, 0.1) is 0 Å². The maximum absolute atomic E-state index is 9.20. The molecule has 0 atom stereocenters. The van der Waals surface area contributed by atoms with Gasteiger partial charge >= 0.3 is 0 Å². The molecular formula is C62H71BN2. The van der Waals surface area contributed by atoms with Gasteiger partial charge in [0, 0.05) is 38.2 Å². The van der Waals surface area contributed by atoms with Crippen molar-refractivity contribution in [3.8, 4) is 11.1 Å². The zero-order valence-corrected chi connectivity index (χ0v) is 41.7. The Morgan fingerprint density at radius 3 is 1.57 bits per heavy atom. The highest BCUT2D eigenvalue weighted by Gasteiger charge is 2.49. The van der Waals surface area contributed by atoms with Gasteiger partial charge in [0.2, 0.25) is 0 Å². The molecule has 6 aromatic rings. The van der Waals surface area contributed by atoms with E-state index in [4.69, 9.17) is 0 Å². The quantitative estimate of drug-likeness (QED) is 0.163. The molecule has 0 saturated heterocycles. The van der Waals surface area contributed by atoms with Crippen LogP contribution in [0.4, 0.5) is 34.1 Å². The lowest BCUT2D eigenvalue weighted by Crippen LogP contribution is -2.62. The Bertz CT molecular complexity index is 3130. The van der Waals surface area contributed by atoms with Gasteiger partial charge in [0.15, 0.2) is 0 Å². The molecular weight excluding hydrogens is 784 g/mol. The van der Waals surface area contributed by atoms with Gasteiger partial charge in [-0.3, -0.25) is 0 Å². The van der Waals surface area contributed by atoms with Gasteiger partial charge in [-0.25, -0.2) is 0 Å². The zero-order chi connectivity index (χ0) is 48.6. The normalized spacial score (nSPS) is 21.4. The van der Waals surface area contributed by atoms with Crippen molar-refractivity contribution in [1.29, 1.82) is 0 Å². The van der Waals surface area contributed by atoms with Crippen molar-refractivity contribution in [1.82, 2.24) is 0 Å². The molecule has 0 amide bonds. The Kier molecular flexibility index (Phi) is 8.17. The first-order chi connectivity index (χ1) is 31.6. The molecule has 0 aromatic heterocycles. The first-order valence-corrected chi connectivity index (χ1v) is 24.6. The predicted molar refractivity (Wildman–Crippen MR) is 281 cm³/mol. The molecule has 2 heterocycles. The molecule has 0 saturated carbocycles. The number of aryl methyl sites for hydroxylation is 2. The van der Waals surface area contributed by atoms with E-state index in [2.05, 4.69) is 198 Å². The van der Waals surface area contributed by atoms with Crippen LogP contribution >= 0.6 is 0 Å². The number of benzene rings is 6. The van der Waals surface area contributed by atoms with Crippen LogP contribution < -0.4 is 26.2 Å². The van der Waals surface area contributed by atoms with Gasteiger partial charge in [-0.05, 0) is 199 Å². The number of rotatable bonds is 3. The molecule has 332 valence electrons. The molecule has 2 aliphatic heterocycles. The maximum atomic E-state index is 9.20. The van der Waals surface area contributed by atoms with Crippen molar-refractivity contribution < 1.29 is 4.11 Å². The summed E-state index contributed by atoms with van der Waals surface area (Å²) in [5.74, 6) is 0. The topological polar surface area (TPSA) is 6.48 Å². The molecule has 2 nitrogen and oxygen atoms in total. The maximum Gasteiger partial charge on any atom is 0.252 e. The predicted octanol–water partition coefficient (Wildman–Crippen LogP) is 15.0. The fourth-order valence-corrected chi connectivity index (χ4v) is 14.0. The van der Waals surface area contributed by atoms with Crippen LogP contribution in [0.25, 0.3) is 11.1 Å². The van der Waals surface area contributed by atoms with E-state index in [0.717, 1.165) is 60.5 Å². The van der Waals surface area contributed by atoms with E-state index in [1.165, 1.54) is 77.7 Å². The Balaban J connectivity index is 1.30. The van der Waals surface area contributed by atoms with E-state index in [1.54, 1.807) is 0 Å². The van der Waals surface area contributed by atoms with Crippen LogP contribution in [0.1, 0.15) is 169 Å². The summed E-state index contributed by atoms with van der Waals surface area (Å²) in [6, 6.07) is 36.8. The van der Waals surface area contributed by atoms with E-state index in [1.807, 2.05) is 6.07 Å². The summed E-state index contributed by atoms with van der Waals surface area (Å²) in [6.07, 6.45) is 5.54. The number of nitrogens with zero attached hydrogens (tertiary/aromatic N) is 2. The second-order valence-electron chi connectivity index (χ2n) is 24.9. The summed E-state index contributed by atoms with van der Waals surface area (Å²) < 4.78 is 27.6. The van der Waals surface area contributed by atoms with Crippen LogP contribution in [0.5, 0.6) is 0 Å². The van der Waals surface area contributed by atoms with Crippen molar-refractivity contribution in [3.05, 3.63) is 147 Å². The summed E-state index contributed by atoms with van der Waals surface area (Å²) in [4.78, 5) is 4.99. The fraction of sp³-hybridized carbons (Fsp3) is 0.419. The Hall–Kier alpha value is -5.02. The van der Waals surface area contributed by atoms with E-state index in [9.17, 15) is 4.11 Å². The van der Waals surface area contributed by atoms with E-state index >= 15 is 0 Å². The van der Waals surface area contributed by atoms with Gasteiger partial charge in [-0.15, -0.1) is 0 Å². The van der Waals surface area contributed by atoms with Crippen LogP contribution in [0.2, 0.25) is 0 Å². The third-order valence-electron chi connectivity index (χ3n) is 17.5. The van der Waals surface area contributed by atoms with Crippen molar-refractivity contribution in [2.45, 2.75) is 168 Å². The minimum atomic E-state index is -2.35. The Labute approximate surface area is 396 Å². The third kappa shape index (κ3) is 6.11. The molecule has 11 rings (SSSR count). The number of anilines is 6. The highest BCUT2D eigenvalue weighted by Crippen LogP contribution is 2.56. The molecule has 3 heteroatoms. The van der Waals surface area contributed by atoms with Gasteiger partial charge in [-0.2, -0.15) is 0 Å². The van der Waals surface area contributed by atoms with Crippen LogP contribution in [0.15, 0.2) is 97.1 Å². The number of fused-ring (bicyclic) bond motifs is 7. The highest BCUT2D eigenvalue weighted by atomic mass is 15.2. The minimum absolute atomic E-state index is 0.0200. The molecule has 6 aromatic carbocycles. The summed E-state index contributed by atoms with van der Waals surface area (Å²) in [5.41, 5.74) is 23.9. The SMILES string of the molecule is [2H]C([2H])([2H])c1cc2c3c(c1)N(c1ccc4c(c1C)C(C)(C)CC4(C)C)c1ccc(-c4ccccc4)cc1B3c1cc3c(cc1N2c1cc2c(cc1C)C(C)(C)CCC2(C)C)C(C)(C)CCC3(C)C. The van der Waals surface area contributed by atoms with E-state index < -0.39 is 6.85 Å². The molecule has 0 N–H and O–H groups in total. The van der Waals surface area contributed by atoms with Gasteiger partial charge in [-0.1, -0.05) is 144 Å². The molecule has 0 radical (unpaired) electrons. The Morgan fingerprint density at radius 1 is 0.446 bits per heavy atom. The van der Waals surface area contributed by atoms with Crippen LogP contribution in [0, 0.1) is 20.7 Å². The fourth-order valence-electron chi connectivity index (χ4n) is 14.0. The van der Waals surface area contributed by atoms with E-state index in [-0.39, 0.29) is 39.2 Å². The lowest BCUT2D eigenvalue weighted by molar-refractivity contribution is 0.331. The molecule has 0 fully saturated rings. The average molecular weight is 858 g/mol. The summed E-state index contributed by atoms with van der Waals surface area (Å²) in [5, 5.41) is 0. The standard InChI is InChI=1S/C62H71BN2/c1-37-29-53-56-54(30-37)65(51-34-45-43(31-38(51)2)57(4,5)25-27-59(45,8)9)52-35-46-44(58(6,7)26-28-60(46,10)11)33-48(52)63(56)47-32-41(40-19-17-16-18-20-40)21-23-50(47)64(53)49-24-22-42-55(39(49)3)62(14,15)36-61(42,12)13/h16-24,29-35H,25-28,36H2,1-15H3/i1D3. The van der Waals surface area contributed by atoms with Crippen LogP contribution in [-0.2, 0) is 32.5 Å². The first-order valence-electron chi connectivity index (χ1n) is 26.1. The zero-order valence-electron chi connectivity index (χ0n) is 44.7. The summed E-state index contributed by atoms with van der Waals surface area (Å²) in [7, 11) is 0. The molecule has 0 unspecified atom stereocenters. The number of hydrogen-bond donors (Lipinski definition) is 0. The van der Waals surface area contributed by atoms with E-state index in [0.29, 0.717) is 5.56 Å². The van der Waals surface area contributed by atoms with Gasteiger partial charge in [0.25, 0.3) is 6.71 Å². The van der Waals surface area contributed by atoms with Crippen molar-refractivity contribution >= 4 is 57.2 Å². The van der Waals surface area contributed by atoms with Gasteiger partial charge in [0.1, 0.15) is 0 Å². The molecule has 3 aliphatic carbocycles. The van der Waals surface area contributed by atoms with Crippen molar-refractivity contribution in [2.24, 2.45) is 0 Å². The second kappa shape index (κ2) is 13.5. The highest BCUT2D eigenvalue weighted by molar-refractivity contribution is 7.00.